The van der Waals surface area contributed by atoms with E-state index in [2.05, 4.69) is 0 Å². The number of benzene rings is 1. The number of carboxylic acid groups (broad SMARTS) is 1. The molecule has 0 spiro atoms. The van der Waals surface area contributed by atoms with E-state index >= 15 is 0 Å². The molecule has 3 N–H and O–H groups in total. The van der Waals surface area contributed by atoms with E-state index in [1.54, 1.807) is 30.3 Å². The van der Waals surface area contributed by atoms with E-state index in [0.717, 1.165) is 6.08 Å². The topological polar surface area (TPSA) is 77.8 Å². The molecule has 0 fully saturated rings. The van der Waals surface area contributed by atoms with Crippen molar-refractivity contribution in [2.75, 3.05) is 0 Å². The Hall–Kier alpha value is -1.79. The lowest BCUT2D eigenvalue weighted by atomic mass is 10.0. The van der Waals surface area contributed by atoms with Crippen molar-refractivity contribution in [3.8, 4) is 0 Å². The Morgan fingerprint density at radius 2 is 1.84 bits per heavy atom. The summed E-state index contributed by atoms with van der Waals surface area (Å²) in [5, 5.41) is 26.8. The van der Waals surface area contributed by atoms with Gasteiger partial charge < -0.3 is 15.3 Å². The number of aliphatic hydroxyl groups excluding tert-OH is 2. The van der Waals surface area contributed by atoms with Crippen LogP contribution in [-0.4, -0.2) is 39.4 Å². The molecule has 0 bridgehead atoms. The van der Waals surface area contributed by atoms with Crippen LogP contribution in [0.25, 0.3) is 6.08 Å². The molecule has 2 atom stereocenters. The second kappa shape index (κ2) is 6.40. The van der Waals surface area contributed by atoms with E-state index in [9.17, 15) is 18.7 Å². The zero-order valence-electron chi connectivity index (χ0n) is 9.91. The molecule has 0 aliphatic carbocycles. The molecule has 1 rings (SSSR count). The van der Waals surface area contributed by atoms with E-state index in [4.69, 9.17) is 10.2 Å². The highest BCUT2D eigenvalue weighted by Crippen LogP contribution is 2.26. The summed E-state index contributed by atoms with van der Waals surface area (Å²) in [6, 6.07) is 8.44. The summed E-state index contributed by atoms with van der Waals surface area (Å²) < 4.78 is 26.9. The molecule has 0 heterocycles. The molecule has 0 saturated heterocycles. The van der Waals surface area contributed by atoms with Gasteiger partial charge in [-0.25, -0.2) is 8.78 Å². The highest BCUT2D eigenvalue weighted by atomic mass is 19.3. The highest BCUT2D eigenvalue weighted by molar-refractivity contribution is 5.67. The lowest BCUT2D eigenvalue weighted by Gasteiger charge is -2.24. The third-order valence-corrected chi connectivity index (χ3v) is 2.48. The second-order valence-corrected chi connectivity index (χ2v) is 4.00. The van der Waals surface area contributed by atoms with E-state index < -0.39 is 30.5 Å². The minimum atomic E-state index is -3.93. The Balaban J connectivity index is 2.73. The number of aliphatic hydroxyl groups is 2. The van der Waals surface area contributed by atoms with Gasteiger partial charge in [-0.3, -0.25) is 4.79 Å². The fraction of sp³-hybridized carbons (Fsp3) is 0.308. The van der Waals surface area contributed by atoms with Gasteiger partial charge in [-0.05, 0) is 11.6 Å². The third kappa shape index (κ3) is 4.42. The maximum absolute atomic E-state index is 13.5. The van der Waals surface area contributed by atoms with Crippen molar-refractivity contribution >= 4 is 12.0 Å². The molecule has 104 valence electrons. The zero-order chi connectivity index (χ0) is 14.5. The first-order valence-electron chi connectivity index (χ1n) is 5.53. The molecule has 4 nitrogen and oxygen atoms in total. The van der Waals surface area contributed by atoms with Crippen molar-refractivity contribution in [1.29, 1.82) is 0 Å². The molecule has 6 heteroatoms. The van der Waals surface area contributed by atoms with Crippen LogP contribution in [0.15, 0.2) is 36.4 Å². The maximum Gasteiger partial charge on any atom is 0.306 e. The van der Waals surface area contributed by atoms with Gasteiger partial charge in [0.25, 0.3) is 0 Å². The molecule has 0 amide bonds. The van der Waals surface area contributed by atoms with Gasteiger partial charge in [-0.15, -0.1) is 0 Å². The van der Waals surface area contributed by atoms with Crippen LogP contribution < -0.4 is 0 Å². The molecule has 2 unspecified atom stereocenters. The molecule has 0 aromatic heterocycles. The van der Waals surface area contributed by atoms with Gasteiger partial charge in [0.15, 0.2) is 0 Å². The Labute approximate surface area is 108 Å². The van der Waals surface area contributed by atoms with E-state index in [0.29, 0.717) is 5.56 Å². The maximum atomic E-state index is 13.5. The van der Waals surface area contributed by atoms with Crippen LogP contribution in [0.5, 0.6) is 0 Å². The van der Waals surface area contributed by atoms with Crippen molar-refractivity contribution < 1.29 is 28.9 Å². The SMILES string of the molecule is O=C(O)CC(O)C(F)(F)C(O)/C=C\c1ccccc1. The van der Waals surface area contributed by atoms with Gasteiger partial charge >= 0.3 is 11.9 Å². The first-order chi connectivity index (χ1) is 8.84. The largest absolute Gasteiger partial charge is 0.481 e. The second-order valence-electron chi connectivity index (χ2n) is 4.00. The Morgan fingerprint density at radius 1 is 1.26 bits per heavy atom. The fourth-order valence-electron chi connectivity index (χ4n) is 1.39. The van der Waals surface area contributed by atoms with Crippen LogP contribution in [0.2, 0.25) is 0 Å². The molecule has 0 aliphatic rings. The van der Waals surface area contributed by atoms with Gasteiger partial charge in [0, 0.05) is 0 Å². The van der Waals surface area contributed by atoms with Crippen molar-refractivity contribution in [2.24, 2.45) is 0 Å². The van der Waals surface area contributed by atoms with Crippen LogP contribution in [0.1, 0.15) is 12.0 Å². The van der Waals surface area contributed by atoms with Crippen LogP contribution in [0.3, 0.4) is 0 Å². The summed E-state index contributed by atoms with van der Waals surface area (Å²) in [6.07, 6.45) is -3.75. The lowest BCUT2D eigenvalue weighted by Crippen LogP contribution is -2.44. The minimum Gasteiger partial charge on any atom is -0.481 e. The molecule has 0 aliphatic heterocycles. The number of carboxylic acids is 1. The highest BCUT2D eigenvalue weighted by Gasteiger charge is 2.45. The molecular weight excluding hydrogens is 258 g/mol. The van der Waals surface area contributed by atoms with Crippen molar-refractivity contribution in [3.63, 3.8) is 0 Å². The fourth-order valence-corrected chi connectivity index (χ4v) is 1.39. The molecule has 1 aromatic rings. The van der Waals surface area contributed by atoms with Crippen LogP contribution >= 0.6 is 0 Å². The Bertz CT molecular complexity index is 445. The van der Waals surface area contributed by atoms with Crippen molar-refractivity contribution in [1.82, 2.24) is 0 Å². The Kier molecular flexibility index (Phi) is 5.14. The summed E-state index contributed by atoms with van der Waals surface area (Å²) in [4.78, 5) is 10.3. The molecule has 1 aromatic carbocycles. The van der Waals surface area contributed by atoms with Crippen LogP contribution in [0.4, 0.5) is 8.78 Å². The predicted molar refractivity (Wildman–Crippen MR) is 64.7 cm³/mol. The van der Waals surface area contributed by atoms with Gasteiger partial charge in [-0.1, -0.05) is 36.4 Å². The summed E-state index contributed by atoms with van der Waals surface area (Å²) in [6.45, 7) is 0. The number of rotatable bonds is 6. The van der Waals surface area contributed by atoms with E-state index in [-0.39, 0.29) is 0 Å². The standard InChI is InChI=1S/C13H14F2O4/c14-13(15,11(17)8-12(18)19)10(16)7-6-9-4-2-1-3-5-9/h1-7,10-11,16-17H,8H2,(H,18,19)/b7-6-. The molecule has 0 radical (unpaired) electrons. The van der Waals surface area contributed by atoms with Crippen molar-refractivity contribution in [3.05, 3.63) is 42.0 Å². The van der Waals surface area contributed by atoms with Gasteiger partial charge in [-0.2, -0.15) is 0 Å². The quantitative estimate of drug-likeness (QED) is 0.734. The molecular formula is C13H14F2O4. The van der Waals surface area contributed by atoms with Crippen LogP contribution in [0, 0.1) is 0 Å². The zero-order valence-corrected chi connectivity index (χ0v) is 9.91. The number of aliphatic carboxylic acids is 1. The molecule has 19 heavy (non-hydrogen) atoms. The number of carbonyl (C=O) groups is 1. The summed E-state index contributed by atoms with van der Waals surface area (Å²) in [7, 11) is 0. The first kappa shape index (κ1) is 15.3. The average molecular weight is 272 g/mol. The number of hydrogen-bond donors (Lipinski definition) is 3. The number of hydrogen-bond acceptors (Lipinski definition) is 3. The summed E-state index contributed by atoms with van der Waals surface area (Å²) >= 11 is 0. The normalized spacial score (nSPS) is 15.4. The summed E-state index contributed by atoms with van der Waals surface area (Å²) in [5.41, 5.74) is 0.602. The van der Waals surface area contributed by atoms with Gasteiger partial charge in [0.2, 0.25) is 0 Å². The number of alkyl halides is 2. The predicted octanol–water partition coefficient (Wildman–Crippen LogP) is 1.53. The van der Waals surface area contributed by atoms with Gasteiger partial charge in [0.1, 0.15) is 12.2 Å². The number of halogens is 2. The smallest absolute Gasteiger partial charge is 0.306 e. The van der Waals surface area contributed by atoms with Crippen molar-refractivity contribution in [2.45, 2.75) is 24.6 Å². The third-order valence-electron chi connectivity index (χ3n) is 2.48. The lowest BCUT2D eigenvalue weighted by molar-refractivity contribution is -0.173. The minimum absolute atomic E-state index is 0.602. The Morgan fingerprint density at radius 3 is 2.37 bits per heavy atom. The monoisotopic (exact) mass is 272 g/mol. The van der Waals surface area contributed by atoms with E-state index in [1.807, 2.05) is 0 Å². The first-order valence-corrected chi connectivity index (χ1v) is 5.53. The van der Waals surface area contributed by atoms with Gasteiger partial charge in [0.05, 0.1) is 6.42 Å². The average Bonchev–Trinajstić information content (AvgIpc) is 2.36. The van der Waals surface area contributed by atoms with Crippen LogP contribution in [-0.2, 0) is 4.79 Å². The molecule has 0 saturated carbocycles. The van der Waals surface area contributed by atoms with E-state index in [1.165, 1.54) is 6.08 Å². The summed E-state index contributed by atoms with van der Waals surface area (Å²) in [5.74, 6) is -5.49.